The van der Waals surface area contributed by atoms with Crippen LogP contribution in [0.25, 0.3) is 5.70 Å². The van der Waals surface area contributed by atoms with E-state index in [1.165, 1.54) is 0 Å². The Balaban J connectivity index is 1.77. The van der Waals surface area contributed by atoms with E-state index in [2.05, 4.69) is 43.3 Å². The summed E-state index contributed by atoms with van der Waals surface area (Å²) in [5.74, 6) is 0.851. The third-order valence-corrected chi connectivity index (χ3v) is 4.37. The van der Waals surface area contributed by atoms with Gasteiger partial charge in [0.05, 0.1) is 5.70 Å². The molecule has 2 aromatic rings. The highest BCUT2D eigenvalue weighted by molar-refractivity contribution is 9.11. The van der Waals surface area contributed by atoms with E-state index in [-0.39, 0.29) is 6.17 Å². The van der Waals surface area contributed by atoms with Crippen molar-refractivity contribution in [2.75, 3.05) is 6.73 Å². The quantitative estimate of drug-likeness (QED) is 0.805. The van der Waals surface area contributed by atoms with Gasteiger partial charge in [0.1, 0.15) is 22.2 Å². The normalized spacial score (nSPS) is 19.7. The van der Waals surface area contributed by atoms with Crippen LogP contribution in [-0.4, -0.2) is 16.6 Å². The summed E-state index contributed by atoms with van der Waals surface area (Å²) in [5.41, 5.74) is 4.18. The molecule has 0 saturated carbocycles. The number of aryl methyl sites for hydroxylation is 1. The van der Waals surface area contributed by atoms with Crippen LogP contribution >= 0.6 is 15.9 Å². The molecule has 3 heterocycles. The van der Waals surface area contributed by atoms with Gasteiger partial charge in [-0.3, -0.25) is 4.98 Å². The van der Waals surface area contributed by atoms with E-state index >= 15 is 0 Å². The Bertz CT molecular complexity index is 730. The molecular formula is C16H14BrN3O. The van der Waals surface area contributed by atoms with Crippen LogP contribution in [0.5, 0.6) is 5.75 Å². The van der Waals surface area contributed by atoms with Gasteiger partial charge in [-0.15, -0.1) is 0 Å². The molecule has 4 rings (SSSR count). The molecule has 0 bridgehead atoms. The van der Waals surface area contributed by atoms with Gasteiger partial charge in [0.25, 0.3) is 0 Å². The lowest BCUT2D eigenvalue weighted by Crippen LogP contribution is -2.37. The highest BCUT2D eigenvalue weighted by Gasteiger charge is 2.38. The molecule has 0 amide bonds. The smallest absolute Gasteiger partial charge is 0.163 e. The maximum atomic E-state index is 5.86. The van der Waals surface area contributed by atoms with Crippen LogP contribution in [0.4, 0.5) is 0 Å². The minimum atomic E-state index is 0.0123. The zero-order chi connectivity index (χ0) is 14.4. The summed E-state index contributed by atoms with van der Waals surface area (Å²) in [5, 5.41) is 3.47. The lowest BCUT2D eigenvalue weighted by molar-refractivity contribution is 0.110. The molecule has 0 fully saturated rings. The van der Waals surface area contributed by atoms with Gasteiger partial charge in [0.2, 0.25) is 0 Å². The van der Waals surface area contributed by atoms with Crippen LogP contribution in [0.2, 0.25) is 0 Å². The van der Waals surface area contributed by atoms with Gasteiger partial charge in [0, 0.05) is 11.3 Å². The summed E-state index contributed by atoms with van der Waals surface area (Å²) in [7, 11) is 0. The number of hydrogen-bond acceptors (Lipinski definition) is 4. The zero-order valence-electron chi connectivity index (χ0n) is 11.5. The molecule has 21 heavy (non-hydrogen) atoms. The van der Waals surface area contributed by atoms with Crippen molar-refractivity contribution in [3.05, 3.63) is 64.0 Å². The second-order valence-corrected chi connectivity index (χ2v) is 5.95. The number of hydrogen-bond donors (Lipinski definition) is 1. The number of nitrogens with zero attached hydrogens (tertiary/aromatic N) is 2. The molecule has 2 aliphatic rings. The van der Waals surface area contributed by atoms with Gasteiger partial charge < -0.3 is 15.0 Å². The lowest BCUT2D eigenvalue weighted by Gasteiger charge is -2.34. The van der Waals surface area contributed by atoms with Crippen molar-refractivity contribution in [2.45, 2.75) is 13.1 Å². The van der Waals surface area contributed by atoms with Crippen LogP contribution in [0.15, 0.2) is 47.1 Å². The van der Waals surface area contributed by atoms with Crippen molar-refractivity contribution in [1.82, 2.24) is 15.2 Å². The summed E-state index contributed by atoms with van der Waals surface area (Å²) in [4.78, 5) is 6.83. The number of rotatable bonds is 1. The van der Waals surface area contributed by atoms with E-state index in [1.54, 1.807) is 0 Å². The number of halogens is 1. The Morgan fingerprint density at radius 3 is 2.86 bits per heavy atom. The highest BCUT2D eigenvalue weighted by atomic mass is 79.9. The van der Waals surface area contributed by atoms with E-state index < -0.39 is 0 Å². The Morgan fingerprint density at radius 2 is 2.05 bits per heavy atom. The Labute approximate surface area is 131 Å². The fourth-order valence-corrected chi connectivity index (χ4v) is 3.46. The predicted octanol–water partition coefficient (Wildman–Crippen LogP) is 3.36. The number of pyridine rings is 1. The van der Waals surface area contributed by atoms with Gasteiger partial charge >= 0.3 is 0 Å². The summed E-state index contributed by atoms with van der Waals surface area (Å²) in [6, 6.07) is 14.3. The predicted molar refractivity (Wildman–Crippen MR) is 84.5 cm³/mol. The van der Waals surface area contributed by atoms with Crippen molar-refractivity contribution in [3.63, 3.8) is 0 Å². The van der Waals surface area contributed by atoms with Gasteiger partial charge in [-0.1, -0.05) is 30.3 Å². The molecule has 2 aliphatic heterocycles. The lowest BCUT2D eigenvalue weighted by atomic mass is 10.1. The van der Waals surface area contributed by atoms with Crippen molar-refractivity contribution in [2.24, 2.45) is 0 Å². The average molecular weight is 344 g/mol. The fraction of sp³-hybridized carbons (Fsp3) is 0.188. The van der Waals surface area contributed by atoms with Crippen molar-refractivity contribution in [3.8, 4) is 5.75 Å². The molecular weight excluding hydrogens is 330 g/mol. The number of benzene rings is 1. The topological polar surface area (TPSA) is 37.4 Å². The molecule has 1 atom stereocenters. The molecule has 0 radical (unpaired) electrons. The summed E-state index contributed by atoms with van der Waals surface area (Å²) in [6.45, 7) is 2.50. The van der Waals surface area contributed by atoms with Crippen LogP contribution in [-0.2, 0) is 0 Å². The summed E-state index contributed by atoms with van der Waals surface area (Å²) < 4.78 is 6.83. The maximum absolute atomic E-state index is 5.86. The van der Waals surface area contributed by atoms with Crippen LogP contribution < -0.4 is 10.1 Å². The Morgan fingerprint density at radius 1 is 1.24 bits per heavy atom. The maximum Gasteiger partial charge on any atom is 0.163 e. The monoisotopic (exact) mass is 343 g/mol. The van der Waals surface area contributed by atoms with Crippen LogP contribution in [0, 0.1) is 6.92 Å². The molecule has 1 N–H and O–H groups in total. The molecule has 0 spiro atoms. The molecule has 4 nitrogen and oxygen atoms in total. The summed E-state index contributed by atoms with van der Waals surface area (Å²) >= 11 is 3.65. The first-order chi connectivity index (χ1) is 10.2. The Kier molecular flexibility index (Phi) is 2.89. The highest BCUT2D eigenvalue weighted by Crippen LogP contribution is 2.43. The number of fused-ring (bicyclic) bond motifs is 3. The van der Waals surface area contributed by atoms with Gasteiger partial charge in [-0.25, -0.2) is 0 Å². The molecule has 0 saturated heterocycles. The van der Waals surface area contributed by atoms with Gasteiger partial charge in [-0.05, 0) is 35.0 Å². The molecule has 1 aromatic carbocycles. The molecule has 5 heteroatoms. The van der Waals surface area contributed by atoms with E-state index in [0.717, 1.165) is 33.0 Å². The number of ether oxygens (including phenoxy) is 1. The first-order valence-corrected chi connectivity index (χ1v) is 7.62. The molecule has 1 aromatic heterocycles. The third kappa shape index (κ3) is 2.00. The number of aromatic nitrogens is 1. The molecule has 0 aliphatic carbocycles. The minimum Gasteiger partial charge on any atom is -0.471 e. The van der Waals surface area contributed by atoms with Crippen LogP contribution in [0.3, 0.4) is 0 Å². The standard InChI is InChI=1S/C16H14BrN3O/c1-10-7-8-12-13(18-10)16-19-15(17)14(20(16)9-21-12)11-5-3-2-4-6-11/h2-8,16,19H,9H2,1H3. The van der Waals surface area contributed by atoms with Crippen LogP contribution in [0.1, 0.15) is 23.1 Å². The second-order valence-electron chi connectivity index (χ2n) is 5.15. The summed E-state index contributed by atoms with van der Waals surface area (Å²) in [6.07, 6.45) is 0.0123. The van der Waals surface area contributed by atoms with Crippen molar-refractivity contribution >= 4 is 21.6 Å². The van der Waals surface area contributed by atoms with Gasteiger partial charge in [-0.2, -0.15) is 0 Å². The van der Waals surface area contributed by atoms with Gasteiger partial charge in [0.15, 0.2) is 6.73 Å². The van der Waals surface area contributed by atoms with E-state index in [9.17, 15) is 0 Å². The SMILES string of the molecule is Cc1ccc2c(n1)C1NC(Br)=C(c3ccccc3)N1CO2. The molecule has 1 unspecified atom stereocenters. The van der Waals surface area contributed by atoms with Crippen molar-refractivity contribution in [1.29, 1.82) is 0 Å². The zero-order valence-corrected chi connectivity index (χ0v) is 13.1. The largest absolute Gasteiger partial charge is 0.471 e. The fourth-order valence-electron chi connectivity index (χ4n) is 2.79. The first-order valence-electron chi connectivity index (χ1n) is 6.83. The average Bonchev–Trinajstić information content (AvgIpc) is 2.84. The Hall–Kier alpha value is -2.01. The third-order valence-electron chi connectivity index (χ3n) is 3.76. The van der Waals surface area contributed by atoms with E-state index in [1.807, 2.05) is 37.3 Å². The second kappa shape index (κ2) is 4.77. The number of nitrogens with one attached hydrogen (secondary N) is 1. The first kappa shape index (κ1) is 12.7. The molecule has 106 valence electrons. The van der Waals surface area contributed by atoms with E-state index in [0.29, 0.717) is 6.73 Å². The van der Waals surface area contributed by atoms with E-state index in [4.69, 9.17) is 4.74 Å². The minimum absolute atomic E-state index is 0.0123. The van der Waals surface area contributed by atoms with Crippen molar-refractivity contribution < 1.29 is 4.74 Å².